The van der Waals surface area contributed by atoms with Crippen LogP contribution in [0.1, 0.15) is 147 Å². The Labute approximate surface area is 288 Å². The van der Waals surface area contributed by atoms with E-state index in [1.54, 1.807) is 0 Å². The van der Waals surface area contributed by atoms with Crippen LogP contribution in [0.2, 0.25) is 0 Å². The number of aromatic nitrogens is 4. The number of imidazole rings is 2. The number of hydrogen-bond donors (Lipinski definition) is 0. The van der Waals surface area contributed by atoms with Crippen molar-refractivity contribution in [3.05, 3.63) is 108 Å². The van der Waals surface area contributed by atoms with E-state index in [1.807, 2.05) is 114 Å². The largest absolute Gasteiger partial charge is 0.334 e. The van der Waals surface area contributed by atoms with Gasteiger partial charge in [-0.1, -0.05) is 185 Å². The van der Waals surface area contributed by atoms with Crippen molar-refractivity contribution in [3.63, 3.8) is 0 Å². The van der Waals surface area contributed by atoms with E-state index in [-0.39, 0.29) is 5.41 Å². The summed E-state index contributed by atoms with van der Waals surface area (Å²) in [6.07, 6.45) is 9.82. The summed E-state index contributed by atoms with van der Waals surface area (Å²) in [6.45, 7) is 39.4. The molecule has 46 heavy (non-hydrogen) atoms. The van der Waals surface area contributed by atoms with Gasteiger partial charge >= 0.3 is 0 Å². The topological polar surface area (TPSA) is 35.6 Å². The predicted molar refractivity (Wildman–Crippen MR) is 210 cm³/mol. The average molecular weight is 637 g/mol. The Morgan fingerprint density at radius 2 is 0.870 bits per heavy atom. The van der Waals surface area contributed by atoms with Crippen LogP contribution in [0.4, 0.5) is 0 Å². The van der Waals surface area contributed by atoms with Crippen molar-refractivity contribution in [1.82, 2.24) is 19.1 Å². The van der Waals surface area contributed by atoms with Gasteiger partial charge in [0.25, 0.3) is 0 Å². The quantitative estimate of drug-likeness (QED) is 0.211. The molecule has 0 aliphatic carbocycles. The van der Waals surface area contributed by atoms with Crippen LogP contribution in [0, 0.1) is 10.8 Å². The van der Waals surface area contributed by atoms with Gasteiger partial charge in [-0.15, -0.1) is 0 Å². The Balaban J connectivity index is -0.000000289. The molecule has 0 amide bonds. The Morgan fingerprint density at radius 1 is 0.478 bits per heavy atom. The zero-order valence-electron chi connectivity index (χ0n) is 33.7. The van der Waals surface area contributed by atoms with E-state index < -0.39 is 0 Å². The lowest BCUT2D eigenvalue weighted by atomic mass is 9.91. The smallest absolute Gasteiger partial charge is 0.0951 e. The molecule has 2 heterocycles. The Kier molecular flexibility index (Phi) is 34.4. The van der Waals surface area contributed by atoms with E-state index in [0.717, 1.165) is 25.9 Å². The minimum atomic E-state index is 0.284. The fourth-order valence-corrected chi connectivity index (χ4v) is 3.91. The minimum absolute atomic E-state index is 0.284. The van der Waals surface area contributed by atoms with E-state index in [4.69, 9.17) is 0 Å². The average Bonchev–Trinajstić information content (AvgIpc) is 3.71. The van der Waals surface area contributed by atoms with Crippen LogP contribution in [0.3, 0.4) is 0 Å². The van der Waals surface area contributed by atoms with Gasteiger partial charge in [-0.05, 0) is 28.4 Å². The SMILES string of the molecule is CC.CC.CC.CC.CC.CC.CC(C)(C)Cc1cncn1Cc1ccccc1.CC(C)(C)Cn1cncc1Cc1ccccc1. The highest BCUT2D eigenvalue weighted by molar-refractivity contribution is 5.21. The standard InChI is InChI=1S/2C15H20N2.6C2H6/c1-15(2,3)9-14-10-16-12-17(14)11-13-7-5-4-6-8-13;1-15(2,3)11-17-12-16-10-14(17)9-13-7-5-4-6-8-13;6*1-2/h2*4-8,10,12H,9,11H2,1-3H3;6*1-2H3. The highest BCUT2D eigenvalue weighted by Gasteiger charge is 2.15. The van der Waals surface area contributed by atoms with Crippen LogP contribution >= 0.6 is 0 Å². The van der Waals surface area contributed by atoms with Crippen molar-refractivity contribution >= 4 is 0 Å². The molecule has 0 atom stereocenters. The Bertz CT molecular complexity index is 1020. The molecular weight excluding hydrogens is 560 g/mol. The first kappa shape index (κ1) is 49.7. The summed E-state index contributed by atoms with van der Waals surface area (Å²) in [7, 11) is 0. The molecule has 2 aromatic heterocycles. The fourth-order valence-electron chi connectivity index (χ4n) is 3.91. The van der Waals surface area contributed by atoms with Crippen molar-refractivity contribution in [2.75, 3.05) is 0 Å². The molecule has 0 N–H and O–H groups in total. The third kappa shape index (κ3) is 25.1. The summed E-state index contributed by atoms with van der Waals surface area (Å²) < 4.78 is 4.49. The lowest BCUT2D eigenvalue weighted by Crippen LogP contribution is -2.16. The first-order chi connectivity index (χ1) is 22.1. The van der Waals surface area contributed by atoms with Crippen molar-refractivity contribution in [1.29, 1.82) is 0 Å². The van der Waals surface area contributed by atoms with E-state index >= 15 is 0 Å². The second kappa shape index (κ2) is 31.8. The van der Waals surface area contributed by atoms with Gasteiger partial charge in [0, 0.05) is 43.3 Å². The first-order valence-electron chi connectivity index (χ1n) is 18.1. The molecular formula is C42H76N4. The molecule has 0 bridgehead atoms. The maximum Gasteiger partial charge on any atom is 0.0951 e. The van der Waals surface area contributed by atoms with Crippen molar-refractivity contribution < 1.29 is 0 Å². The highest BCUT2D eigenvalue weighted by Crippen LogP contribution is 2.21. The third-order valence-corrected chi connectivity index (χ3v) is 5.38. The first-order valence-corrected chi connectivity index (χ1v) is 18.1. The molecule has 4 nitrogen and oxygen atoms in total. The number of benzene rings is 2. The van der Waals surface area contributed by atoms with Gasteiger partial charge < -0.3 is 9.13 Å². The van der Waals surface area contributed by atoms with E-state index in [0.29, 0.717) is 5.41 Å². The molecule has 4 heteroatoms. The van der Waals surface area contributed by atoms with Gasteiger partial charge in [0.05, 0.1) is 12.7 Å². The zero-order valence-corrected chi connectivity index (χ0v) is 33.7. The van der Waals surface area contributed by atoms with Crippen LogP contribution in [0.15, 0.2) is 85.7 Å². The summed E-state index contributed by atoms with van der Waals surface area (Å²) in [5.41, 5.74) is 5.83. The molecule has 0 spiro atoms. The lowest BCUT2D eigenvalue weighted by molar-refractivity contribution is 0.339. The van der Waals surface area contributed by atoms with Crippen LogP contribution in [-0.4, -0.2) is 19.1 Å². The summed E-state index contributed by atoms with van der Waals surface area (Å²) >= 11 is 0. The molecule has 0 aliphatic rings. The second-order valence-corrected chi connectivity index (χ2v) is 11.5. The fraction of sp³-hybridized carbons (Fsp3) is 0.571. The van der Waals surface area contributed by atoms with Crippen molar-refractivity contribution in [2.24, 2.45) is 10.8 Å². The molecule has 2 aromatic carbocycles. The highest BCUT2D eigenvalue weighted by atomic mass is 15.1. The van der Waals surface area contributed by atoms with Crippen molar-refractivity contribution in [2.45, 2.75) is 151 Å². The third-order valence-electron chi connectivity index (χ3n) is 5.38. The normalized spacial score (nSPS) is 9.43. The zero-order chi connectivity index (χ0) is 36.6. The summed E-state index contributed by atoms with van der Waals surface area (Å²) in [5.74, 6) is 0. The number of rotatable bonds is 6. The Morgan fingerprint density at radius 3 is 1.28 bits per heavy atom. The van der Waals surface area contributed by atoms with E-state index in [9.17, 15) is 0 Å². The summed E-state index contributed by atoms with van der Waals surface area (Å²) in [5, 5.41) is 0. The monoisotopic (exact) mass is 637 g/mol. The predicted octanol–water partition coefficient (Wildman–Crippen LogP) is 13.2. The molecule has 0 fully saturated rings. The van der Waals surface area contributed by atoms with Gasteiger partial charge in [-0.3, -0.25) is 0 Å². The number of nitrogens with zero attached hydrogens (tertiary/aromatic N) is 4. The van der Waals surface area contributed by atoms with Gasteiger partial charge in [0.2, 0.25) is 0 Å². The minimum Gasteiger partial charge on any atom is -0.334 e. The van der Waals surface area contributed by atoms with Gasteiger partial charge in [0.15, 0.2) is 0 Å². The molecule has 0 saturated carbocycles. The second-order valence-electron chi connectivity index (χ2n) is 11.5. The van der Waals surface area contributed by atoms with Crippen LogP contribution in [0.5, 0.6) is 0 Å². The summed E-state index contributed by atoms with van der Waals surface area (Å²) in [6, 6.07) is 21.1. The molecule has 0 aliphatic heterocycles. The van der Waals surface area contributed by atoms with E-state index in [2.05, 4.69) is 115 Å². The molecule has 4 aromatic rings. The lowest BCUT2D eigenvalue weighted by Gasteiger charge is -2.20. The van der Waals surface area contributed by atoms with Crippen LogP contribution in [0.25, 0.3) is 0 Å². The molecule has 0 unspecified atom stereocenters. The van der Waals surface area contributed by atoms with E-state index in [1.165, 1.54) is 22.5 Å². The van der Waals surface area contributed by atoms with Crippen LogP contribution in [-0.2, 0) is 25.9 Å². The molecule has 0 radical (unpaired) electrons. The summed E-state index contributed by atoms with van der Waals surface area (Å²) in [4.78, 5) is 8.53. The number of hydrogen-bond acceptors (Lipinski definition) is 2. The molecule has 4 rings (SSSR count). The van der Waals surface area contributed by atoms with Crippen molar-refractivity contribution in [3.8, 4) is 0 Å². The van der Waals surface area contributed by atoms with Gasteiger partial charge in [-0.25, -0.2) is 9.97 Å². The maximum atomic E-state index is 4.27. The van der Waals surface area contributed by atoms with Gasteiger partial charge in [-0.2, -0.15) is 0 Å². The maximum absolute atomic E-state index is 4.27. The van der Waals surface area contributed by atoms with Crippen LogP contribution < -0.4 is 0 Å². The molecule has 264 valence electrons. The molecule has 0 saturated heterocycles. The Hall–Kier alpha value is -3.14. The van der Waals surface area contributed by atoms with Gasteiger partial charge in [0.1, 0.15) is 0 Å².